The number of anilines is 1. The zero-order valence-electron chi connectivity index (χ0n) is 15.4. The van der Waals surface area contributed by atoms with Crippen LogP contribution in [0.5, 0.6) is 0 Å². The highest BCUT2D eigenvalue weighted by Crippen LogP contribution is 2.27. The van der Waals surface area contributed by atoms with Gasteiger partial charge in [-0.3, -0.25) is 4.79 Å². The number of carbonyl (C=O) groups excluding carboxylic acids is 1. The number of piperidine rings is 1. The predicted molar refractivity (Wildman–Crippen MR) is 96.6 cm³/mol. The topological polar surface area (TPSA) is 62.5 Å². The molecule has 2 aromatic rings. The van der Waals surface area contributed by atoms with Crippen molar-refractivity contribution in [3.05, 3.63) is 41.5 Å². The van der Waals surface area contributed by atoms with Crippen molar-refractivity contribution in [1.29, 1.82) is 0 Å². The molecule has 25 heavy (non-hydrogen) atoms. The van der Waals surface area contributed by atoms with Gasteiger partial charge in [0.05, 0.1) is 5.92 Å². The van der Waals surface area contributed by atoms with Crippen molar-refractivity contribution in [2.45, 2.75) is 45.6 Å². The quantitative estimate of drug-likeness (QED) is 0.855. The monoisotopic (exact) mass is 342 g/mol. The average molecular weight is 342 g/mol. The van der Waals surface area contributed by atoms with Gasteiger partial charge in [-0.25, -0.2) is 0 Å². The van der Waals surface area contributed by atoms with Crippen LogP contribution in [0.2, 0.25) is 0 Å². The fraction of sp³-hybridized carbons (Fsp3) is 0.526. The van der Waals surface area contributed by atoms with Gasteiger partial charge in [0.2, 0.25) is 5.91 Å². The van der Waals surface area contributed by atoms with E-state index >= 15 is 0 Å². The second-order valence-electron chi connectivity index (χ2n) is 6.84. The molecule has 1 amide bonds. The first-order valence-electron chi connectivity index (χ1n) is 8.83. The molecule has 0 aliphatic carbocycles. The minimum Gasteiger partial charge on any atom is -0.466 e. The molecule has 1 saturated heterocycles. The summed E-state index contributed by atoms with van der Waals surface area (Å²) in [6, 6.07) is 6.23. The maximum atomic E-state index is 12.9. The number of likely N-dealkylation sites (tertiary alicyclic amines) is 1. The first kappa shape index (κ1) is 17.5. The summed E-state index contributed by atoms with van der Waals surface area (Å²) in [4.78, 5) is 17.0. The van der Waals surface area contributed by atoms with E-state index in [1.165, 1.54) is 0 Å². The van der Waals surface area contributed by atoms with Crippen molar-refractivity contribution in [3.8, 4) is 0 Å². The molecule has 0 aromatic carbocycles. The molecule has 3 rings (SSSR count). The van der Waals surface area contributed by atoms with E-state index in [9.17, 15) is 4.79 Å². The number of amides is 1. The van der Waals surface area contributed by atoms with Gasteiger partial charge in [-0.05, 0) is 51.8 Å². The Kier molecular flexibility index (Phi) is 5.06. The van der Waals surface area contributed by atoms with E-state index in [0.717, 1.165) is 48.8 Å². The van der Waals surface area contributed by atoms with Crippen molar-refractivity contribution in [3.63, 3.8) is 0 Å². The van der Waals surface area contributed by atoms with Crippen LogP contribution in [-0.2, 0) is 4.79 Å². The van der Waals surface area contributed by atoms with Crippen molar-refractivity contribution >= 4 is 11.7 Å². The van der Waals surface area contributed by atoms with Crippen LogP contribution in [0.15, 0.2) is 28.8 Å². The molecule has 0 unspecified atom stereocenters. The molecule has 1 aliphatic rings. The molecule has 0 spiro atoms. The minimum atomic E-state index is -0.160. The lowest BCUT2D eigenvalue weighted by Crippen LogP contribution is -2.47. The zero-order valence-corrected chi connectivity index (χ0v) is 15.4. The SMILES string of the molecule is Cc1cc([C@@H](C)C(=O)N2CCC(N(C)c3cccnn3)CC2)c(C)o1. The van der Waals surface area contributed by atoms with Crippen molar-refractivity contribution in [2.24, 2.45) is 0 Å². The summed E-state index contributed by atoms with van der Waals surface area (Å²) < 4.78 is 5.58. The van der Waals surface area contributed by atoms with E-state index in [-0.39, 0.29) is 11.8 Å². The maximum Gasteiger partial charge on any atom is 0.229 e. The molecule has 3 heterocycles. The van der Waals surface area contributed by atoms with E-state index in [4.69, 9.17) is 4.42 Å². The first-order chi connectivity index (χ1) is 12.0. The summed E-state index contributed by atoms with van der Waals surface area (Å²) in [5, 5.41) is 8.12. The van der Waals surface area contributed by atoms with Crippen LogP contribution in [0, 0.1) is 13.8 Å². The second kappa shape index (κ2) is 7.25. The molecule has 1 atom stereocenters. The van der Waals surface area contributed by atoms with E-state index in [1.807, 2.05) is 50.9 Å². The third-order valence-corrected chi connectivity index (χ3v) is 5.16. The maximum absolute atomic E-state index is 12.9. The van der Waals surface area contributed by atoms with Crippen molar-refractivity contribution < 1.29 is 9.21 Å². The van der Waals surface area contributed by atoms with Crippen molar-refractivity contribution in [2.75, 3.05) is 25.0 Å². The number of furan rings is 1. The number of aryl methyl sites for hydroxylation is 2. The summed E-state index contributed by atoms with van der Waals surface area (Å²) >= 11 is 0. The third kappa shape index (κ3) is 3.67. The van der Waals surface area contributed by atoms with Gasteiger partial charge >= 0.3 is 0 Å². The van der Waals surface area contributed by atoms with Crippen LogP contribution in [0.25, 0.3) is 0 Å². The lowest BCUT2D eigenvalue weighted by molar-refractivity contribution is -0.133. The lowest BCUT2D eigenvalue weighted by atomic mass is 9.97. The Morgan fingerprint density at radius 2 is 2.08 bits per heavy atom. The summed E-state index contributed by atoms with van der Waals surface area (Å²) in [7, 11) is 2.05. The van der Waals surface area contributed by atoms with Crippen LogP contribution < -0.4 is 4.90 Å². The highest BCUT2D eigenvalue weighted by Gasteiger charge is 2.30. The Labute approximate surface area is 148 Å². The van der Waals surface area contributed by atoms with Crippen LogP contribution in [0.4, 0.5) is 5.82 Å². The summed E-state index contributed by atoms with van der Waals surface area (Å²) in [5.74, 6) is 2.61. The van der Waals surface area contributed by atoms with Crippen LogP contribution in [0.3, 0.4) is 0 Å². The standard InChI is InChI=1S/C19H26N4O2/c1-13-12-17(15(3)25-13)14(2)19(24)23-10-7-16(8-11-23)22(4)18-6-5-9-20-21-18/h5-6,9,12,14,16H,7-8,10-11H2,1-4H3/t14-/m1/s1. The molecule has 2 aromatic heterocycles. The summed E-state index contributed by atoms with van der Waals surface area (Å²) in [6.07, 6.45) is 3.56. The molecule has 0 bridgehead atoms. The average Bonchev–Trinajstić information content (AvgIpc) is 2.99. The van der Waals surface area contributed by atoms with Gasteiger partial charge in [0.25, 0.3) is 0 Å². The smallest absolute Gasteiger partial charge is 0.229 e. The highest BCUT2D eigenvalue weighted by atomic mass is 16.3. The Morgan fingerprint density at radius 3 is 2.64 bits per heavy atom. The first-order valence-corrected chi connectivity index (χ1v) is 8.83. The number of hydrogen-bond donors (Lipinski definition) is 0. The predicted octanol–water partition coefficient (Wildman–Crippen LogP) is 2.92. The van der Waals surface area contributed by atoms with Gasteiger partial charge in [0.1, 0.15) is 11.5 Å². The third-order valence-electron chi connectivity index (χ3n) is 5.16. The Hall–Kier alpha value is -2.37. The Morgan fingerprint density at radius 1 is 1.36 bits per heavy atom. The Balaban J connectivity index is 1.60. The van der Waals surface area contributed by atoms with Gasteiger partial charge < -0.3 is 14.2 Å². The molecule has 1 fully saturated rings. The molecular formula is C19H26N4O2. The molecule has 6 nitrogen and oxygen atoms in total. The number of rotatable bonds is 4. The van der Waals surface area contributed by atoms with E-state index in [2.05, 4.69) is 15.1 Å². The largest absolute Gasteiger partial charge is 0.466 e. The van der Waals surface area contributed by atoms with Gasteiger partial charge in [-0.15, -0.1) is 5.10 Å². The van der Waals surface area contributed by atoms with Gasteiger partial charge in [-0.2, -0.15) is 5.10 Å². The summed E-state index contributed by atoms with van der Waals surface area (Å²) in [5.41, 5.74) is 1.00. The summed E-state index contributed by atoms with van der Waals surface area (Å²) in [6.45, 7) is 7.36. The zero-order chi connectivity index (χ0) is 18.0. The lowest BCUT2D eigenvalue weighted by Gasteiger charge is -2.38. The van der Waals surface area contributed by atoms with Gasteiger partial charge in [0.15, 0.2) is 5.82 Å². The molecule has 134 valence electrons. The normalized spacial score (nSPS) is 16.7. The van der Waals surface area contributed by atoms with Gasteiger partial charge in [-0.1, -0.05) is 0 Å². The second-order valence-corrected chi connectivity index (χ2v) is 6.84. The fourth-order valence-electron chi connectivity index (χ4n) is 3.63. The molecular weight excluding hydrogens is 316 g/mol. The minimum absolute atomic E-state index is 0.160. The molecule has 6 heteroatoms. The van der Waals surface area contributed by atoms with Crippen LogP contribution >= 0.6 is 0 Å². The molecule has 0 radical (unpaired) electrons. The van der Waals surface area contributed by atoms with Crippen LogP contribution in [0.1, 0.15) is 42.8 Å². The number of nitrogens with zero attached hydrogens (tertiary/aromatic N) is 4. The van der Waals surface area contributed by atoms with Crippen LogP contribution in [-0.4, -0.2) is 47.2 Å². The number of hydrogen-bond acceptors (Lipinski definition) is 5. The highest BCUT2D eigenvalue weighted by molar-refractivity contribution is 5.83. The van der Waals surface area contributed by atoms with E-state index in [0.29, 0.717) is 6.04 Å². The van der Waals surface area contributed by atoms with Crippen molar-refractivity contribution in [1.82, 2.24) is 15.1 Å². The number of aromatic nitrogens is 2. The van der Waals surface area contributed by atoms with E-state index < -0.39 is 0 Å². The molecule has 0 saturated carbocycles. The van der Waals surface area contributed by atoms with Gasteiger partial charge in [0, 0.05) is 37.9 Å². The molecule has 0 N–H and O–H groups in total. The van der Waals surface area contributed by atoms with E-state index in [1.54, 1.807) is 6.20 Å². The Bertz CT molecular complexity index is 720. The number of carbonyl (C=O) groups is 1. The molecule has 1 aliphatic heterocycles. The fourth-order valence-corrected chi connectivity index (χ4v) is 3.63.